The van der Waals surface area contributed by atoms with Crippen LogP contribution in [0.5, 0.6) is 0 Å². The van der Waals surface area contributed by atoms with E-state index in [1.165, 1.54) is 22.3 Å². The first-order valence-corrected chi connectivity index (χ1v) is 11.8. The lowest BCUT2D eigenvalue weighted by atomic mass is 9.87. The molecule has 170 valence electrons. The molecular formula is C27H34N2O3. The van der Waals surface area contributed by atoms with Gasteiger partial charge in [-0.25, -0.2) is 0 Å². The fourth-order valence-electron chi connectivity index (χ4n) is 5.51. The van der Waals surface area contributed by atoms with E-state index >= 15 is 0 Å². The van der Waals surface area contributed by atoms with E-state index in [1.54, 1.807) is 0 Å². The van der Waals surface area contributed by atoms with Gasteiger partial charge in [0.15, 0.2) is 0 Å². The van der Waals surface area contributed by atoms with Crippen LogP contribution in [-0.2, 0) is 22.6 Å². The number of amides is 1. The van der Waals surface area contributed by atoms with E-state index in [1.807, 2.05) is 0 Å². The second-order valence-electron chi connectivity index (χ2n) is 9.46. The minimum absolute atomic E-state index is 0.250. The Morgan fingerprint density at radius 2 is 1.69 bits per heavy atom. The molecule has 0 unspecified atom stereocenters. The zero-order valence-corrected chi connectivity index (χ0v) is 19.1. The van der Waals surface area contributed by atoms with Crippen molar-refractivity contribution in [3.8, 4) is 0 Å². The van der Waals surface area contributed by atoms with Gasteiger partial charge in [-0.3, -0.25) is 14.5 Å². The van der Waals surface area contributed by atoms with E-state index in [-0.39, 0.29) is 12.5 Å². The summed E-state index contributed by atoms with van der Waals surface area (Å²) in [6.07, 6.45) is 3.27. The maximum absolute atomic E-state index is 13.1. The van der Waals surface area contributed by atoms with Crippen LogP contribution in [0, 0.1) is 24.7 Å². The SMILES string of the molecule is CCc1ccc(CN2C[C@H]3CN(C(=O)C4CC4)[C@H](c4ccccc4C)[C@H]3C2)cc1.O=CO. The van der Waals surface area contributed by atoms with E-state index in [0.29, 0.717) is 23.7 Å². The molecule has 2 aliphatic heterocycles. The smallest absolute Gasteiger partial charge is 0.290 e. The summed E-state index contributed by atoms with van der Waals surface area (Å²) in [5, 5.41) is 6.89. The number of hydrogen-bond donors (Lipinski definition) is 1. The molecule has 3 fully saturated rings. The molecule has 5 rings (SSSR count). The van der Waals surface area contributed by atoms with Crippen molar-refractivity contribution < 1.29 is 14.7 Å². The van der Waals surface area contributed by atoms with Crippen molar-refractivity contribution in [3.05, 3.63) is 70.8 Å². The Morgan fingerprint density at radius 1 is 1.03 bits per heavy atom. The van der Waals surface area contributed by atoms with E-state index in [2.05, 4.69) is 72.2 Å². The largest absolute Gasteiger partial charge is 0.483 e. The number of hydrogen-bond acceptors (Lipinski definition) is 3. The van der Waals surface area contributed by atoms with Crippen LogP contribution in [0.3, 0.4) is 0 Å². The molecule has 2 heterocycles. The number of benzene rings is 2. The van der Waals surface area contributed by atoms with Gasteiger partial charge in [0, 0.05) is 38.0 Å². The van der Waals surface area contributed by atoms with Crippen LogP contribution in [-0.4, -0.2) is 46.9 Å². The Hall–Kier alpha value is -2.66. The summed E-state index contributed by atoms with van der Waals surface area (Å²) in [6, 6.07) is 18.0. The van der Waals surface area contributed by atoms with E-state index in [4.69, 9.17) is 9.90 Å². The molecule has 5 heteroatoms. The molecule has 1 saturated carbocycles. The van der Waals surface area contributed by atoms with Crippen molar-refractivity contribution in [1.29, 1.82) is 0 Å². The normalized spacial score (nSPS) is 24.6. The first kappa shape index (κ1) is 22.5. The molecule has 1 N–H and O–H groups in total. The predicted molar refractivity (Wildman–Crippen MR) is 125 cm³/mol. The molecule has 0 spiro atoms. The van der Waals surface area contributed by atoms with E-state index < -0.39 is 0 Å². The monoisotopic (exact) mass is 434 g/mol. The van der Waals surface area contributed by atoms with Crippen molar-refractivity contribution in [2.24, 2.45) is 17.8 Å². The quantitative estimate of drug-likeness (QED) is 0.713. The predicted octanol–water partition coefficient (Wildman–Crippen LogP) is 4.30. The lowest BCUT2D eigenvalue weighted by Crippen LogP contribution is -2.36. The van der Waals surface area contributed by atoms with Crippen LogP contribution in [0.4, 0.5) is 0 Å². The van der Waals surface area contributed by atoms with Gasteiger partial charge in [0.25, 0.3) is 6.47 Å². The number of fused-ring (bicyclic) bond motifs is 1. The number of rotatable bonds is 5. The molecule has 0 aromatic heterocycles. The van der Waals surface area contributed by atoms with Crippen LogP contribution in [0.15, 0.2) is 48.5 Å². The van der Waals surface area contributed by atoms with Gasteiger partial charge in [-0.2, -0.15) is 0 Å². The lowest BCUT2D eigenvalue weighted by molar-refractivity contribution is -0.134. The second-order valence-corrected chi connectivity index (χ2v) is 9.46. The highest BCUT2D eigenvalue weighted by molar-refractivity contribution is 5.82. The van der Waals surface area contributed by atoms with Crippen LogP contribution in [0.1, 0.15) is 48.1 Å². The Morgan fingerprint density at radius 3 is 2.31 bits per heavy atom. The molecule has 0 radical (unpaired) electrons. The Bertz CT molecular complexity index is 938. The first-order chi connectivity index (χ1) is 15.5. The molecule has 32 heavy (non-hydrogen) atoms. The van der Waals surface area contributed by atoms with Crippen molar-refractivity contribution in [2.75, 3.05) is 19.6 Å². The maximum Gasteiger partial charge on any atom is 0.290 e. The third-order valence-electron chi connectivity index (χ3n) is 7.29. The van der Waals surface area contributed by atoms with Crippen LogP contribution >= 0.6 is 0 Å². The molecule has 1 aliphatic carbocycles. The minimum Gasteiger partial charge on any atom is -0.483 e. The average Bonchev–Trinajstić information content (AvgIpc) is 3.49. The fraction of sp³-hybridized carbons (Fsp3) is 0.481. The molecule has 3 aliphatic rings. The summed E-state index contributed by atoms with van der Waals surface area (Å²) in [6.45, 7) is 8.31. The third kappa shape index (κ3) is 4.73. The number of likely N-dealkylation sites (tertiary alicyclic amines) is 2. The highest BCUT2D eigenvalue weighted by atomic mass is 16.3. The van der Waals surface area contributed by atoms with Gasteiger partial charge in [0.05, 0.1) is 6.04 Å². The Kier molecular flexibility index (Phi) is 6.95. The van der Waals surface area contributed by atoms with Crippen LogP contribution < -0.4 is 0 Å². The van der Waals surface area contributed by atoms with Gasteiger partial charge in [0.2, 0.25) is 5.91 Å². The summed E-state index contributed by atoms with van der Waals surface area (Å²) in [5.74, 6) is 1.86. The second kappa shape index (κ2) is 9.86. The number of nitrogens with zero attached hydrogens (tertiary/aromatic N) is 2. The average molecular weight is 435 g/mol. The van der Waals surface area contributed by atoms with Gasteiger partial charge < -0.3 is 10.0 Å². The molecule has 2 saturated heterocycles. The van der Waals surface area contributed by atoms with Gasteiger partial charge in [-0.15, -0.1) is 0 Å². The highest BCUT2D eigenvalue weighted by Gasteiger charge is 2.51. The number of carboxylic acid groups (broad SMARTS) is 1. The molecule has 2 aromatic carbocycles. The highest BCUT2D eigenvalue weighted by Crippen LogP contribution is 2.48. The molecule has 5 nitrogen and oxygen atoms in total. The standard InChI is InChI=1S/C26H32N2O.CH2O2/c1-3-19-8-10-20(11-9-19)14-27-15-22-16-28(26(29)21-12-13-21)25(24(22)17-27)23-7-5-4-6-18(23)2;2-1-3/h4-11,21-22,24-25H,3,12-17H2,1-2H3;1H,(H,2,3)/t22-,24-,25+;/m0./s1. The zero-order chi connectivity index (χ0) is 22.7. The van der Waals surface area contributed by atoms with Gasteiger partial charge >= 0.3 is 0 Å². The van der Waals surface area contributed by atoms with Crippen molar-refractivity contribution in [1.82, 2.24) is 9.80 Å². The van der Waals surface area contributed by atoms with E-state index in [9.17, 15) is 4.79 Å². The van der Waals surface area contributed by atoms with Crippen molar-refractivity contribution in [3.63, 3.8) is 0 Å². The summed E-state index contributed by atoms with van der Waals surface area (Å²) in [5.41, 5.74) is 5.49. The van der Waals surface area contributed by atoms with Gasteiger partial charge in [-0.05, 0) is 54.4 Å². The first-order valence-electron chi connectivity index (χ1n) is 11.8. The van der Waals surface area contributed by atoms with Crippen molar-refractivity contribution in [2.45, 2.75) is 45.7 Å². The molecule has 1 amide bonds. The van der Waals surface area contributed by atoms with Gasteiger partial charge in [-0.1, -0.05) is 55.5 Å². The summed E-state index contributed by atoms with van der Waals surface area (Å²) in [4.78, 5) is 26.3. The Balaban J connectivity index is 0.000000775. The number of aryl methyl sites for hydroxylation is 2. The van der Waals surface area contributed by atoms with Crippen molar-refractivity contribution >= 4 is 12.4 Å². The lowest BCUT2D eigenvalue weighted by Gasteiger charge is -2.31. The van der Waals surface area contributed by atoms with Crippen LogP contribution in [0.25, 0.3) is 0 Å². The summed E-state index contributed by atoms with van der Waals surface area (Å²) in [7, 11) is 0. The number of carbonyl (C=O) groups is 2. The molecular weight excluding hydrogens is 400 g/mol. The number of carbonyl (C=O) groups excluding carboxylic acids is 1. The third-order valence-corrected chi connectivity index (χ3v) is 7.29. The molecule has 3 atom stereocenters. The zero-order valence-electron chi connectivity index (χ0n) is 19.1. The van der Waals surface area contributed by atoms with Gasteiger partial charge in [0.1, 0.15) is 0 Å². The summed E-state index contributed by atoms with van der Waals surface area (Å²) >= 11 is 0. The minimum atomic E-state index is -0.250. The van der Waals surface area contributed by atoms with Crippen LogP contribution in [0.2, 0.25) is 0 Å². The maximum atomic E-state index is 13.1. The fourth-order valence-corrected chi connectivity index (χ4v) is 5.51. The van der Waals surface area contributed by atoms with E-state index in [0.717, 1.165) is 45.4 Å². The topological polar surface area (TPSA) is 60.9 Å². The Labute approximate surface area is 191 Å². The molecule has 0 bridgehead atoms. The summed E-state index contributed by atoms with van der Waals surface area (Å²) < 4.78 is 0. The molecule has 2 aromatic rings.